The number of hydrogen-bond donors (Lipinski definition) is 0. The summed E-state index contributed by atoms with van der Waals surface area (Å²) in [7, 11) is 1.82. The Kier molecular flexibility index (Phi) is 3.16. The molecule has 0 fully saturated rings. The van der Waals surface area contributed by atoms with E-state index in [1.165, 1.54) is 0 Å². The predicted molar refractivity (Wildman–Crippen MR) is 74.8 cm³/mol. The van der Waals surface area contributed by atoms with Crippen molar-refractivity contribution >= 4 is 26.7 Å². The molecule has 0 radical (unpaired) electrons. The van der Waals surface area contributed by atoms with E-state index in [4.69, 9.17) is 4.74 Å². The van der Waals surface area contributed by atoms with Gasteiger partial charge in [0.2, 0.25) is 5.88 Å². The molecule has 6 heteroatoms. The third-order valence-electron chi connectivity index (χ3n) is 2.68. The van der Waals surface area contributed by atoms with Crippen LogP contribution in [-0.4, -0.2) is 19.7 Å². The van der Waals surface area contributed by atoms with Crippen molar-refractivity contribution in [2.24, 2.45) is 7.05 Å². The van der Waals surface area contributed by atoms with Crippen molar-refractivity contribution in [3.05, 3.63) is 47.1 Å². The first kappa shape index (κ1) is 12.1. The molecule has 0 spiro atoms. The SMILES string of the molecule is Cn1cnc(COc2cc3cccc(Br)c3cn2)n1. The van der Waals surface area contributed by atoms with Gasteiger partial charge in [-0.05, 0) is 11.5 Å². The highest BCUT2D eigenvalue weighted by Crippen LogP contribution is 2.25. The monoisotopic (exact) mass is 318 g/mol. The summed E-state index contributed by atoms with van der Waals surface area (Å²) < 4.78 is 8.25. The molecule has 5 nitrogen and oxygen atoms in total. The van der Waals surface area contributed by atoms with Crippen molar-refractivity contribution in [2.75, 3.05) is 0 Å². The van der Waals surface area contributed by atoms with E-state index in [1.807, 2.05) is 31.3 Å². The predicted octanol–water partition coefficient (Wildman–Crippen LogP) is 2.70. The Morgan fingerprint density at radius 1 is 1.32 bits per heavy atom. The molecule has 0 aliphatic carbocycles. The Labute approximate surface area is 118 Å². The Balaban J connectivity index is 1.82. The van der Waals surface area contributed by atoms with E-state index in [2.05, 4.69) is 31.0 Å². The van der Waals surface area contributed by atoms with Gasteiger partial charge in [0.1, 0.15) is 6.33 Å². The van der Waals surface area contributed by atoms with Crippen LogP contribution < -0.4 is 4.74 Å². The van der Waals surface area contributed by atoms with E-state index in [1.54, 1.807) is 17.2 Å². The number of aryl methyl sites for hydroxylation is 1. The number of aromatic nitrogens is 4. The number of halogens is 1. The molecule has 2 aromatic heterocycles. The molecule has 0 atom stereocenters. The molecular formula is C13H11BrN4O. The van der Waals surface area contributed by atoms with Crippen molar-refractivity contribution in [2.45, 2.75) is 6.61 Å². The average Bonchev–Trinajstić information content (AvgIpc) is 2.82. The normalized spacial score (nSPS) is 10.8. The van der Waals surface area contributed by atoms with Crippen LogP contribution in [0.1, 0.15) is 5.82 Å². The fourth-order valence-corrected chi connectivity index (χ4v) is 2.27. The molecule has 0 N–H and O–H groups in total. The maximum Gasteiger partial charge on any atom is 0.214 e. The molecule has 19 heavy (non-hydrogen) atoms. The summed E-state index contributed by atoms with van der Waals surface area (Å²) in [6, 6.07) is 7.90. The van der Waals surface area contributed by atoms with Gasteiger partial charge in [-0.25, -0.2) is 9.97 Å². The highest BCUT2D eigenvalue weighted by atomic mass is 79.9. The van der Waals surface area contributed by atoms with Gasteiger partial charge in [-0.1, -0.05) is 28.1 Å². The Bertz CT molecular complexity index is 725. The van der Waals surface area contributed by atoms with Crippen LogP contribution in [0.4, 0.5) is 0 Å². The molecule has 2 heterocycles. The minimum absolute atomic E-state index is 0.313. The second kappa shape index (κ2) is 4.97. The fourth-order valence-electron chi connectivity index (χ4n) is 1.78. The van der Waals surface area contributed by atoms with E-state index in [-0.39, 0.29) is 0 Å². The first-order valence-electron chi connectivity index (χ1n) is 5.74. The van der Waals surface area contributed by atoms with Gasteiger partial charge in [0, 0.05) is 29.2 Å². The lowest BCUT2D eigenvalue weighted by Gasteiger charge is -2.05. The number of pyridine rings is 1. The van der Waals surface area contributed by atoms with Crippen LogP contribution in [0.15, 0.2) is 41.3 Å². The maximum atomic E-state index is 5.59. The fraction of sp³-hybridized carbons (Fsp3) is 0.154. The van der Waals surface area contributed by atoms with Gasteiger partial charge >= 0.3 is 0 Å². The van der Waals surface area contributed by atoms with Crippen molar-refractivity contribution in [1.29, 1.82) is 0 Å². The summed E-state index contributed by atoms with van der Waals surface area (Å²) in [6.07, 6.45) is 3.43. The van der Waals surface area contributed by atoms with Crippen molar-refractivity contribution < 1.29 is 4.74 Å². The molecule has 3 aromatic rings. The molecule has 0 amide bonds. The van der Waals surface area contributed by atoms with Crippen molar-refractivity contribution in [1.82, 2.24) is 19.7 Å². The highest BCUT2D eigenvalue weighted by Gasteiger charge is 2.04. The molecule has 0 saturated carbocycles. The molecular weight excluding hydrogens is 308 g/mol. The summed E-state index contributed by atoms with van der Waals surface area (Å²) in [6.45, 7) is 0.313. The Morgan fingerprint density at radius 3 is 3.00 bits per heavy atom. The zero-order valence-electron chi connectivity index (χ0n) is 10.2. The van der Waals surface area contributed by atoms with Crippen LogP contribution in [0.3, 0.4) is 0 Å². The Hall–Kier alpha value is -1.95. The minimum atomic E-state index is 0.313. The van der Waals surface area contributed by atoms with Crippen LogP contribution in [-0.2, 0) is 13.7 Å². The molecule has 0 unspecified atom stereocenters. The summed E-state index contributed by atoms with van der Waals surface area (Å²) in [5, 5.41) is 6.29. The van der Waals surface area contributed by atoms with Crippen LogP contribution in [0, 0.1) is 0 Å². The third-order valence-corrected chi connectivity index (χ3v) is 3.37. The van der Waals surface area contributed by atoms with E-state index in [9.17, 15) is 0 Å². The second-order valence-electron chi connectivity index (χ2n) is 4.11. The lowest BCUT2D eigenvalue weighted by molar-refractivity contribution is 0.284. The average molecular weight is 319 g/mol. The number of rotatable bonds is 3. The van der Waals surface area contributed by atoms with E-state index in [0.717, 1.165) is 15.2 Å². The van der Waals surface area contributed by atoms with Crippen molar-refractivity contribution in [3.8, 4) is 5.88 Å². The van der Waals surface area contributed by atoms with Crippen LogP contribution >= 0.6 is 15.9 Å². The van der Waals surface area contributed by atoms with Crippen LogP contribution in [0.25, 0.3) is 10.8 Å². The van der Waals surface area contributed by atoms with Crippen molar-refractivity contribution in [3.63, 3.8) is 0 Å². The quantitative estimate of drug-likeness (QED) is 0.745. The van der Waals surface area contributed by atoms with Gasteiger partial charge in [-0.15, -0.1) is 0 Å². The molecule has 3 rings (SSSR count). The van der Waals surface area contributed by atoms with Gasteiger partial charge in [0.05, 0.1) is 0 Å². The third kappa shape index (κ3) is 2.58. The van der Waals surface area contributed by atoms with Gasteiger partial charge in [-0.2, -0.15) is 5.10 Å². The minimum Gasteiger partial charge on any atom is -0.469 e. The van der Waals surface area contributed by atoms with E-state index < -0.39 is 0 Å². The van der Waals surface area contributed by atoms with Gasteiger partial charge in [0.15, 0.2) is 12.4 Å². The first-order valence-corrected chi connectivity index (χ1v) is 6.53. The van der Waals surface area contributed by atoms with Gasteiger partial charge < -0.3 is 4.74 Å². The zero-order valence-corrected chi connectivity index (χ0v) is 11.8. The molecule has 96 valence electrons. The van der Waals surface area contributed by atoms with Gasteiger partial charge in [-0.3, -0.25) is 4.68 Å². The summed E-state index contributed by atoms with van der Waals surface area (Å²) in [4.78, 5) is 8.37. The number of hydrogen-bond acceptors (Lipinski definition) is 4. The van der Waals surface area contributed by atoms with Gasteiger partial charge in [0.25, 0.3) is 0 Å². The number of nitrogens with zero attached hydrogens (tertiary/aromatic N) is 4. The summed E-state index contributed by atoms with van der Waals surface area (Å²) in [5.74, 6) is 1.21. The number of fused-ring (bicyclic) bond motifs is 1. The highest BCUT2D eigenvalue weighted by molar-refractivity contribution is 9.10. The standard InChI is InChI=1S/C13H11BrN4O/c1-18-8-16-12(17-18)7-19-13-5-9-3-2-4-11(14)10(9)6-15-13/h2-6,8H,7H2,1H3. The molecule has 1 aromatic carbocycles. The number of benzene rings is 1. The molecule has 0 aliphatic heterocycles. The first-order chi connectivity index (χ1) is 9.22. The largest absolute Gasteiger partial charge is 0.469 e. The Morgan fingerprint density at radius 2 is 2.21 bits per heavy atom. The molecule has 0 aliphatic rings. The van der Waals surface area contributed by atoms with Crippen LogP contribution in [0.5, 0.6) is 5.88 Å². The maximum absolute atomic E-state index is 5.59. The van der Waals surface area contributed by atoms with E-state index >= 15 is 0 Å². The number of ether oxygens (including phenoxy) is 1. The molecule has 0 bridgehead atoms. The van der Waals surface area contributed by atoms with Crippen LogP contribution in [0.2, 0.25) is 0 Å². The molecule has 0 saturated heterocycles. The zero-order chi connectivity index (χ0) is 13.2. The van der Waals surface area contributed by atoms with E-state index in [0.29, 0.717) is 18.3 Å². The topological polar surface area (TPSA) is 52.8 Å². The second-order valence-corrected chi connectivity index (χ2v) is 4.96. The summed E-state index contributed by atoms with van der Waals surface area (Å²) >= 11 is 3.50. The summed E-state index contributed by atoms with van der Waals surface area (Å²) in [5.41, 5.74) is 0. The lowest BCUT2D eigenvalue weighted by Crippen LogP contribution is -2.00. The lowest BCUT2D eigenvalue weighted by atomic mass is 10.2. The smallest absolute Gasteiger partial charge is 0.214 e.